The molecule has 0 saturated carbocycles. The van der Waals surface area contributed by atoms with E-state index in [1.807, 2.05) is 13.8 Å². The molecule has 0 aromatic heterocycles. The molecule has 0 bridgehead atoms. The molecule has 0 aromatic carbocycles. The van der Waals surface area contributed by atoms with Crippen LogP contribution in [0.15, 0.2) is 16.6 Å². The second-order valence-corrected chi connectivity index (χ2v) is 3.34. The molecule has 1 N–H and O–H groups in total. The Morgan fingerprint density at radius 3 is 2.50 bits per heavy atom. The maximum atomic E-state index is 11.6. The fraction of sp³-hybridized carbons (Fsp3) is 0.583. The van der Waals surface area contributed by atoms with E-state index in [2.05, 4.69) is 10.3 Å². The Labute approximate surface area is 96.8 Å². The fourth-order valence-corrected chi connectivity index (χ4v) is 1.10. The Morgan fingerprint density at radius 2 is 2.00 bits per heavy atom. The molecular weight excluding hydrogens is 204 g/mol. The van der Waals surface area contributed by atoms with Gasteiger partial charge in [-0.25, -0.2) is 0 Å². The first-order valence-corrected chi connectivity index (χ1v) is 5.61. The summed E-state index contributed by atoms with van der Waals surface area (Å²) in [6.45, 7) is 6.34. The maximum absolute atomic E-state index is 11.6. The lowest BCUT2D eigenvalue weighted by molar-refractivity contribution is -0.122. The minimum absolute atomic E-state index is 0.0544. The normalized spacial score (nSPS) is 11.8. The predicted molar refractivity (Wildman–Crippen MR) is 65.7 cm³/mol. The molecule has 16 heavy (non-hydrogen) atoms. The first-order valence-electron chi connectivity index (χ1n) is 5.61. The molecule has 4 nitrogen and oxygen atoms in total. The number of aliphatic imine (C=N–C) groups is 1. The van der Waals surface area contributed by atoms with Crippen LogP contribution in [0.5, 0.6) is 0 Å². The van der Waals surface area contributed by atoms with Crippen molar-refractivity contribution in [2.45, 2.75) is 33.6 Å². The van der Waals surface area contributed by atoms with Gasteiger partial charge in [-0.05, 0) is 20.3 Å². The summed E-state index contributed by atoms with van der Waals surface area (Å²) in [7, 11) is 0. The zero-order chi connectivity index (χ0) is 12.4. The summed E-state index contributed by atoms with van der Waals surface area (Å²) in [5.74, 6) is -0.192. The van der Waals surface area contributed by atoms with Crippen molar-refractivity contribution in [1.29, 1.82) is 0 Å². The average molecular weight is 224 g/mol. The molecule has 0 aliphatic carbocycles. The van der Waals surface area contributed by atoms with E-state index >= 15 is 0 Å². The topological polar surface area (TPSA) is 58.5 Å². The van der Waals surface area contributed by atoms with E-state index < -0.39 is 0 Å². The van der Waals surface area contributed by atoms with Crippen LogP contribution in [0.3, 0.4) is 0 Å². The van der Waals surface area contributed by atoms with Gasteiger partial charge in [0, 0.05) is 19.2 Å². The summed E-state index contributed by atoms with van der Waals surface area (Å²) in [5, 5.41) is 2.58. The van der Waals surface area contributed by atoms with Crippen molar-refractivity contribution < 1.29 is 9.59 Å². The number of nitrogens with one attached hydrogen (secondary N) is 1. The van der Waals surface area contributed by atoms with Crippen LogP contribution in [0, 0.1) is 0 Å². The number of ketones is 1. The largest absolute Gasteiger partial charge is 0.345 e. The zero-order valence-electron chi connectivity index (χ0n) is 10.2. The third-order valence-corrected chi connectivity index (χ3v) is 1.96. The van der Waals surface area contributed by atoms with Crippen LogP contribution < -0.4 is 5.32 Å². The van der Waals surface area contributed by atoms with Crippen LogP contribution in [0.4, 0.5) is 0 Å². The number of carbonyl (C=O) groups is 2. The molecule has 0 rings (SSSR count). The lowest BCUT2D eigenvalue weighted by Gasteiger charge is -2.03. The van der Waals surface area contributed by atoms with Crippen molar-refractivity contribution in [3.05, 3.63) is 11.6 Å². The number of allylic oxidation sites excluding steroid dienone is 1. The van der Waals surface area contributed by atoms with E-state index in [0.29, 0.717) is 18.5 Å². The van der Waals surface area contributed by atoms with Gasteiger partial charge in [-0.15, -0.1) is 0 Å². The van der Waals surface area contributed by atoms with Gasteiger partial charge in [0.05, 0.1) is 12.1 Å². The van der Waals surface area contributed by atoms with E-state index in [1.54, 1.807) is 13.0 Å². The summed E-state index contributed by atoms with van der Waals surface area (Å²) in [6.07, 6.45) is 4.52. The van der Waals surface area contributed by atoms with E-state index in [-0.39, 0.29) is 18.2 Å². The number of rotatable bonds is 7. The second-order valence-electron chi connectivity index (χ2n) is 3.34. The number of hydrogen-bond donors (Lipinski definition) is 1. The molecule has 0 fully saturated rings. The minimum atomic E-state index is -0.246. The fourth-order valence-electron chi connectivity index (χ4n) is 1.10. The monoisotopic (exact) mass is 224 g/mol. The van der Waals surface area contributed by atoms with Crippen LogP contribution in [-0.2, 0) is 9.59 Å². The third-order valence-electron chi connectivity index (χ3n) is 1.96. The molecule has 0 saturated heterocycles. The van der Waals surface area contributed by atoms with Gasteiger partial charge in [0.25, 0.3) is 5.91 Å². The summed E-state index contributed by atoms with van der Waals surface area (Å²) < 4.78 is 0. The lowest BCUT2D eigenvalue weighted by atomic mass is 10.2. The van der Waals surface area contributed by atoms with E-state index in [0.717, 1.165) is 6.42 Å². The van der Waals surface area contributed by atoms with Crippen molar-refractivity contribution in [2.75, 3.05) is 13.1 Å². The number of Topliss-reactive ketones (excluding diaryl/α,β-unsaturated/α-hetero) is 1. The molecule has 0 unspecified atom stereocenters. The maximum Gasteiger partial charge on any atom is 0.252 e. The van der Waals surface area contributed by atoms with Gasteiger partial charge >= 0.3 is 0 Å². The van der Waals surface area contributed by atoms with Crippen molar-refractivity contribution in [2.24, 2.45) is 4.99 Å². The minimum Gasteiger partial charge on any atom is -0.345 e. The van der Waals surface area contributed by atoms with Crippen LogP contribution in [0.1, 0.15) is 33.6 Å². The first kappa shape index (κ1) is 14.6. The Morgan fingerprint density at radius 1 is 1.31 bits per heavy atom. The van der Waals surface area contributed by atoms with Crippen LogP contribution in [-0.4, -0.2) is 31.0 Å². The third kappa shape index (κ3) is 6.11. The highest BCUT2D eigenvalue weighted by Gasteiger charge is 2.07. The molecule has 0 heterocycles. The van der Waals surface area contributed by atoms with E-state index in [1.165, 1.54) is 6.21 Å². The predicted octanol–water partition coefficient (Wildman–Crippen LogP) is 1.51. The smallest absolute Gasteiger partial charge is 0.252 e. The van der Waals surface area contributed by atoms with Crippen molar-refractivity contribution in [3.8, 4) is 0 Å². The average Bonchev–Trinajstić information content (AvgIpc) is 2.28. The van der Waals surface area contributed by atoms with Gasteiger partial charge in [-0.2, -0.15) is 0 Å². The van der Waals surface area contributed by atoms with Crippen LogP contribution >= 0.6 is 0 Å². The van der Waals surface area contributed by atoms with Crippen LogP contribution in [0.25, 0.3) is 0 Å². The molecule has 0 spiro atoms. The highest BCUT2D eigenvalue weighted by atomic mass is 16.2. The quantitative estimate of drug-likeness (QED) is 0.526. The summed E-state index contributed by atoms with van der Waals surface area (Å²) in [5.41, 5.74) is 0.492. The SMILES string of the molecule is C/C=C(\C=NCC)C(=O)NCC(=O)CCC. The Bertz CT molecular complexity index is 293. The number of nitrogens with zero attached hydrogens (tertiary/aromatic N) is 1. The van der Waals surface area contributed by atoms with Crippen molar-refractivity contribution in [1.82, 2.24) is 5.32 Å². The van der Waals surface area contributed by atoms with Crippen molar-refractivity contribution >= 4 is 17.9 Å². The molecule has 0 aliphatic heterocycles. The number of hydrogen-bond acceptors (Lipinski definition) is 3. The second kappa shape index (κ2) is 8.83. The summed E-state index contributed by atoms with van der Waals surface area (Å²) >= 11 is 0. The van der Waals surface area contributed by atoms with Gasteiger partial charge < -0.3 is 5.32 Å². The molecular formula is C12H20N2O2. The lowest BCUT2D eigenvalue weighted by Crippen LogP contribution is -2.30. The zero-order valence-corrected chi connectivity index (χ0v) is 10.2. The molecule has 0 atom stereocenters. The molecule has 90 valence electrons. The first-order chi connectivity index (χ1) is 7.65. The summed E-state index contributed by atoms with van der Waals surface area (Å²) in [4.78, 5) is 26.8. The standard InChI is InChI=1S/C12H20N2O2/c1-4-7-11(15)9-14-12(16)10(5-2)8-13-6-3/h5,8H,4,6-7,9H2,1-3H3,(H,14,16)/b10-5+,13-8?. The van der Waals surface area contributed by atoms with Gasteiger partial charge in [-0.3, -0.25) is 14.6 Å². The molecule has 0 aliphatic rings. The van der Waals surface area contributed by atoms with E-state index in [9.17, 15) is 9.59 Å². The highest BCUT2D eigenvalue weighted by Crippen LogP contribution is 1.92. The van der Waals surface area contributed by atoms with Crippen molar-refractivity contribution in [3.63, 3.8) is 0 Å². The Balaban J connectivity index is 4.13. The van der Waals surface area contributed by atoms with Gasteiger partial charge in [0.2, 0.25) is 0 Å². The summed E-state index contributed by atoms with van der Waals surface area (Å²) in [6, 6.07) is 0. The Hall–Kier alpha value is -1.45. The highest BCUT2D eigenvalue weighted by molar-refractivity contribution is 6.12. The van der Waals surface area contributed by atoms with E-state index in [4.69, 9.17) is 0 Å². The van der Waals surface area contributed by atoms with Gasteiger partial charge in [0.1, 0.15) is 0 Å². The molecule has 0 radical (unpaired) electrons. The number of carbonyl (C=O) groups excluding carboxylic acids is 2. The van der Waals surface area contributed by atoms with Gasteiger partial charge in [-0.1, -0.05) is 13.0 Å². The molecule has 4 heteroatoms. The number of amides is 1. The molecule has 1 amide bonds. The van der Waals surface area contributed by atoms with Crippen LogP contribution in [0.2, 0.25) is 0 Å². The van der Waals surface area contributed by atoms with Gasteiger partial charge in [0.15, 0.2) is 5.78 Å². The molecule has 0 aromatic rings. The Kier molecular flexibility index (Phi) is 8.03.